The van der Waals surface area contributed by atoms with Gasteiger partial charge in [-0.05, 0) is 25.3 Å². The van der Waals surface area contributed by atoms with Gasteiger partial charge in [0.25, 0.3) is 0 Å². The van der Waals surface area contributed by atoms with Crippen LogP contribution < -0.4 is 11.1 Å². The van der Waals surface area contributed by atoms with E-state index in [4.69, 9.17) is 22.7 Å². The van der Waals surface area contributed by atoms with Crippen molar-refractivity contribution in [2.45, 2.75) is 33.6 Å². The first kappa shape index (κ1) is 16.3. The van der Waals surface area contributed by atoms with Crippen LogP contribution >= 0.6 is 12.2 Å². The second kappa shape index (κ2) is 7.74. The van der Waals surface area contributed by atoms with Crippen molar-refractivity contribution in [3.05, 3.63) is 16.8 Å². The number of anilines is 1. The van der Waals surface area contributed by atoms with Gasteiger partial charge in [-0.25, -0.2) is 0 Å². The topological polar surface area (TPSA) is 90.1 Å². The molecule has 0 aliphatic heterocycles. The zero-order valence-corrected chi connectivity index (χ0v) is 12.8. The molecule has 1 aromatic rings. The van der Waals surface area contributed by atoms with Crippen LogP contribution in [0.25, 0.3) is 0 Å². The molecule has 0 bridgehead atoms. The van der Waals surface area contributed by atoms with E-state index in [1.165, 1.54) is 0 Å². The summed E-state index contributed by atoms with van der Waals surface area (Å²) in [6.07, 6.45) is 1.50. The van der Waals surface area contributed by atoms with E-state index in [0.29, 0.717) is 18.0 Å². The average molecular weight is 296 g/mol. The van der Waals surface area contributed by atoms with Gasteiger partial charge in [-0.3, -0.25) is 4.79 Å². The summed E-state index contributed by atoms with van der Waals surface area (Å²) in [5.74, 6) is 0.0698. The van der Waals surface area contributed by atoms with Gasteiger partial charge in [0.15, 0.2) is 5.82 Å². The fourth-order valence-corrected chi connectivity index (χ4v) is 2.15. The first-order valence-corrected chi connectivity index (χ1v) is 7.03. The van der Waals surface area contributed by atoms with E-state index in [-0.39, 0.29) is 17.5 Å². The Kier molecular flexibility index (Phi) is 6.30. The van der Waals surface area contributed by atoms with Crippen LogP contribution in [0.15, 0.2) is 0 Å². The molecule has 3 N–H and O–H groups in total. The number of hydrogen-bond acceptors (Lipinski definition) is 6. The quantitative estimate of drug-likeness (QED) is 0.577. The molecule has 110 valence electrons. The molecule has 0 fully saturated rings. The van der Waals surface area contributed by atoms with Gasteiger partial charge in [0.05, 0.1) is 17.9 Å². The SMILES string of the molecule is CCOC(=O)CNc1nnc(CC)c(CC)c1C(N)=S. The Morgan fingerprint density at radius 2 is 2.00 bits per heavy atom. The van der Waals surface area contributed by atoms with Crippen LogP contribution in [-0.2, 0) is 22.4 Å². The fourth-order valence-electron chi connectivity index (χ4n) is 1.93. The van der Waals surface area contributed by atoms with Crippen molar-refractivity contribution >= 4 is 29.0 Å². The lowest BCUT2D eigenvalue weighted by atomic mass is 10.0. The number of rotatable bonds is 7. The van der Waals surface area contributed by atoms with Crippen LogP contribution in [0.1, 0.15) is 37.6 Å². The van der Waals surface area contributed by atoms with Crippen LogP contribution in [0, 0.1) is 0 Å². The molecule has 1 aromatic heterocycles. The lowest BCUT2D eigenvalue weighted by Crippen LogP contribution is -2.23. The first-order chi connectivity index (χ1) is 9.54. The Bertz CT molecular complexity index is 505. The molecular formula is C13H20N4O2S. The van der Waals surface area contributed by atoms with Crippen molar-refractivity contribution in [1.82, 2.24) is 10.2 Å². The predicted molar refractivity (Wildman–Crippen MR) is 81.8 cm³/mol. The minimum Gasteiger partial charge on any atom is -0.465 e. The summed E-state index contributed by atoms with van der Waals surface area (Å²) in [5.41, 5.74) is 8.30. The number of esters is 1. The average Bonchev–Trinajstić information content (AvgIpc) is 2.43. The highest BCUT2D eigenvalue weighted by molar-refractivity contribution is 7.80. The highest BCUT2D eigenvalue weighted by Gasteiger charge is 2.17. The summed E-state index contributed by atoms with van der Waals surface area (Å²) in [6, 6.07) is 0. The first-order valence-electron chi connectivity index (χ1n) is 6.62. The van der Waals surface area contributed by atoms with E-state index >= 15 is 0 Å². The zero-order chi connectivity index (χ0) is 15.1. The second-order valence-electron chi connectivity index (χ2n) is 4.08. The lowest BCUT2D eigenvalue weighted by molar-refractivity contribution is -0.140. The zero-order valence-electron chi connectivity index (χ0n) is 12.0. The van der Waals surface area contributed by atoms with Crippen molar-refractivity contribution in [3.8, 4) is 0 Å². The maximum atomic E-state index is 11.4. The number of aromatic nitrogens is 2. The molecule has 0 spiro atoms. The van der Waals surface area contributed by atoms with Gasteiger partial charge in [0.2, 0.25) is 0 Å². The standard InChI is InChI=1S/C13H20N4O2S/c1-4-8-9(5-2)16-17-13(11(8)12(14)20)15-7-10(18)19-6-3/h4-7H2,1-3H3,(H2,14,20)(H,15,17). The van der Waals surface area contributed by atoms with Gasteiger partial charge in [-0.2, -0.15) is 5.10 Å². The van der Waals surface area contributed by atoms with Gasteiger partial charge in [0, 0.05) is 0 Å². The summed E-state index contributed by atoms with van der Waals surface area (Å²) in [5, 5.41) is 11.1. The molecular weight excluding hydrogens is 276 g/mol. The van der Waals surface area contributed by atoms with Gasteiger partial charge in [-0.15, -0.1) is 5.10 Å². The number of nitrogens with two attached hydrogens (primary N) is 1. The summed E-state index contributed by atoms with van der Waals surface area (Å²) >= 11 is 5.10. The Morgan fingerprint density at radius 1 is 1.30 bits per heavy atom. The van der Waals surface area contributed by atoms with E-state index in [2.05, 4.69) is 15.5 Å². The molecule has 0 saturated heterocycles. The second-order valence-corrected chi connectivity index (χ2v) is 4.52. The molecule has 1 heterocycles. The molecule has 6 nitrogen and oxygen atoms in total. The number of nitrogens with one attached hydrogen (secondary N) is 1. The van der Waals surface area contributed by atoms with Gasteiger partial charge < -0.3 is 15.8 Å². The summed E-state index contributed by atoms with van der Waals surface area (Å²) in [6.45, 7) is 6.10. The molecule has 0 aliphatic carbocycles. The fraction of sp³-hybridized carbons (Fsp3) is 0.538. The van der Waals surface area contributed by atoms with Gasteiger partial charge in [0.1, 0.15) is 11.5 Å². The number of aryl methyl sites for hydroxylation is 1. The molecule has 0 radical (unpaired) electrons. The maximum absolute atomic E-state index is 11.4. The number of nitrogens with zero attached hydrogens (tertiary/aromatic N) is 2. The predicted octanol–water partition coefficient (Wildman–Crippen LogP) is 1.21. The monoisotopic (exact) mass is 296 g/mol. The largest absolute Gasteiger partial charge is 0.465 e. The Hall–Kier alpha value is -1.76. The third kappa shape index (κ3) is 3.86. The van der Waals surface area contributed by atoms with Gasteiger partial charge >= 0.3 is 5.97 Å². The van der Waals surface area contributed by atoms with Crippen LogP contribution in [0.2, 0.25) is 0 Å². The van der Waals surface area contributed by atoms with Crippen molar-refractivity contribution in [3.63, 3.8) is 0 Å². The van der Waals surface area contributed by atoms with Crippen LogP contribution in [0.4, 0.5) is 5.82 Å². The molecule has 0 atom stereocenters. The molecule has 0 amide bonds. The van der Waals surface area contributed by atoms with Crippen LogP contribution in [0.3, 0.4) is 0 Å². The van der Waals surface area contributed by atoms with Crippen molar-refractivity contribution < 1.29 is 9.53 Å². The number of hydrogen-bond donors (Lipinski definition) is 2. The van der Waals surface area contributed by atoms with Crippen molar-refractivity contribution in [2.75, 3.05) is 18.5 Å². The lowest BCUT2D eigenvalue weighted by Gasteiger charge is -2.15. The van der Waals surface area contributed by atoms with E-state index in [9.17, 15) is 4.79 Å². The van der Waals surface area contributed by atoms with Crippen molar-refractivity contribution in [2.24, 2.45) is 5.73 Å². The summed E-state index contributed by atoms with van der Waals surface area (Å²) in [4.78, 5) is 11.6. The van der Waals surface area contributed by atoms with Crippen LogP contribution in [-0.4, -0.2) is 34.3 Å². The van der Waals surface area contributed by atoms with E-state index in [0.717, 1.165) is 24.1 Å². The molecule has 0 unspecified atom stereocenters. The van der Waals surface area contributed by atoms with Crippen molar-refractivity contribution in [1.29, 1.82) is 0 Å². The molecule has 0 aliphatic rings. The van der Waals surface area contributed by atoms with Gasteiger partial charge in [-0.1, -0.05) is 26.1 Å². The summed E-state index contributed by atoms with van der Waals surface area (Å²) in [7, 11) is 0. The maximum Gasteiger partial charge on any atom is 0.325 e. The Labute approximate surface area is 124 Å². The van der Waals surface area contributed by atoms with E-state index < -0.39 is 0 Å². The Balaban J connectivity index is 3.07. The smallest absolute Gasteiger partial charge is 0.325 e. The molecule has 20 heavy (non-hydrogen) atoms. The number of thiocarbonyl (C=S) groups is 1. The highest BCUT2D eigenvalue weighted by Crippen LogP contribution is 2.20. The third-order valence-electron chi connectivity index (χ3n) is 2.80. The Morgan fingerprint density at radius 3 is 2.50 bits per heavy atom. The third-order valence-corrected chi connectivity index (χ3v) is 3.00. The number of carbonyl (C=O) groups is 1. The van der Waals surface area contributed by atoms with Crippen LogP contribution in [0.5, 0.6) is 0 Å². The van der Waals surface area contributed by atoms with E-state index in [1.54, 1.807) is 6.92 Å². The molecule has 0 saturated carbocycles. The summed E-state index contributed by atoms with van der Waals surface area (Å²) < 4.78 is 4.85. The highest BCUT2D eigenvalue weighted by atomic mass is 32.1. The minimum absolute atomic E-state index is 0.00671. The normalized spacial score (nSPS) is 10.2. The van der Waals surface area contributed by atoms with E-state index in [1.807, 2.05) is 13.8 Å². The minimum atomic E-state index is -0.360. The molecule has 0 aromatic carbocycles. The molecule has 7 heteroatoms. The number of carbonyl (C=O) groups excluding carboxylic acids is 1. The number of ether oxygens (including phenoxy) is 1. The molecule has 1 rings (SSSR count).